The number of halogens is 1. The average molecular weight is 202 g/mol. The highest BCUT2D eigenvalue weighted by atomic mass is 35.5. The molecule has 0 bridgehead atoms. The van der Waals surface area contributed by atoms with Crippen molar-refractivity contribution in [2.75, 3.05) is 0 Å². The van der Waals surface area contributed by atoms with Crippen LogP contribution in [0.5, 0.6) is 0 Å². The highest BCUT2D eigenvalue weighted by Crippen LogP contribution is 2.09. The first-order valence-corrected chi connectivity index (χ1v) is 3.78. The third kappa shape index (κ3) is 2.72. The first kappa shape index (κ1) is 11.9. The van der Waals surface area contributed by atoms with Gasteiger partial charge in [0.2, 0.25) is 0 Å². The zero-order valence-corrected chi connectivity index (χ0v) is 8.14. The van der Waals surface area contributed by atoms with E-state index in [1.165, 1.54) is 0 Å². The summed E-state index contributed by atoms with van der Waals surface area (Å²) in [6.07, 6.45) is 0.797. The summed E-state index contributed by atoms with van der Waals surface area (Å²) in [7, 11) is 0. The van der Waals surface area contributed by atoms with Crippen LogP contribution in [0.15, 0.2) is 24.3 Å². The highest BCUT2D eigenvalue weighted by molar-refractivity contribution is 5.90. The summed E-state index contributed by atoms with van der Waals surface area (Å²) in [5.41, 5.74) is 1.50. The van der Waals surface area contributed by atoms with Crippen molar-refractivity contribution in [3.63, 3.8) is 0 Å². The maximum absolute atomic E-state index is 11.0. The van der Waals surface area contributed by atoms with E-state index >= 15 is 0 Å². The van der Waals surface area contributed by atoms with Crippen LogP contribution < -0.4 is 5.90 Å². The molecule has 3 nitrogen and oxygen atoms in total. The van der Waals surface area contributed by atoms with Gasteiger partial charge in [-0.15, -0.1) is 12.4 Å². The molecule has 0 amide bonds. The van der Waals surface area contributed by atoms with Crippen molar-refractivity contribution in [2.24, 2.45) is 5.90 Å². The van der Waals surface area contributed by atoms with Crippen LogP contribution in [0.2, 0.25) is 0 Å². The second-order valence-electron chi connectivity index (χ2n) is 2.42. The van der Waals surface area contributed by atoms with E-state index in [9.17, 15) is 4.79 Å². The fourth-order valence-corrected chi connectivity index (χ4v) is 1.09. The van der Waals surface area contributed by atoms with Crippen LogP contribution in [0.4, 0.5) is 0 Å². The molecule has 0 aliphatic rings. The van der Waals surface area contributed by atoms with E-state index in [1.807, 2.05) is 19.1 Å². The molecule has 1 rings (SSSR count). The molecule has 0 heterocycles. The number of carbonyl (C=O) groups is 1. The van der Waals surface area contributed by atoms with E-state index in [0.717, 1.165) is 12.0 Å². The Morgan fingerprint density at radius 2 is 2.08 bits per heavy atom. The maximum Gasteiger partial charge on any atom is 0.356 e. The molecule has 0 saturated heterocycles. The van der Waals surface area contributed by atoms with E-state index in [0.29, 0.717) is 5.56 Å². The van der Waals surface area contributed by atoms with Gasteiger partial charge in [-0.1, -0.05) is 25.1 Å². The number of benzene rings is 1. The van der Waals surface area contributed by atoms with E-state index in [1.54, 1.807) is 12.1 Å². The molecule has 0 spiro atoms. The average Bonchev–Trinajstić information content (AvgIpc) is 2.16. The fraction of sp³-hybridized carbons (Fsp3) is 0.222. The van der Waals surface area contributed by atoms with Gasteiger partial charge in [-0.25, -0.2) is 4.79 Å². The Bertz CT molecular complexity index is 289. The summed E-state index contributed by atoms with van der Waals surface area (Å²) in [5, 5.41) is 0. The standard InChI is InChI=1S/C9H11NO2.ClH/c1-2-7-5-3-4-6-8(7)9(11)12-10;/h3-6H,2,10H2,1H3;1H. The summed E-state index contributed by atoms with van der Waals surface area (Å²) in [5.74, 6) is 4.30. The molecular weight excluding hydrogens is 190 g/mol. The minimum Gasteiger partial charge on any atom is -0.370 e. The third-order valence-electron chi connectivity index (χ3n) is 1.73. The number of nitrogens with two attached hydrogens (primary N) is 1. The predicted octanol–water partition coefficient (Wildman–Crippen LogP) is 1.70. The van der Waals surface area contributed by atoms with E-state index in [4.69, 9.17) is 5.90 Å². The Morgan fingerprint density at radius 3 is 2.62 bits per heavy atom. The molecule has 0 aliphatic carbocycles. The molecular formula is C9H12ClNO2. The molecule has 0 radical (unpaired) electrons. The number of rotatable bonds is 2. The molecule has 72 valence electrons. The second-order valence-corrected chi connectivity index (χ2v) is 2.42. The molecule has 0 unspecified atom stereocenters. The van der Waals surface area contributed by atoms with Crippen LogP contribution in [-0.4, -0.2) is 5.97 Å². The summed E-state index contributed by atoms with van der Waals surface area (Å²) >= 11 is 0. The Balaban J connectivity index is 0.00000144. The largest absolute Gasteiger partial charge is 0.370 e. The molecule has 0 fully saturated rings. The van der Waals surface area contributed by atoms with Gasteiger partial charge < -0.3 is 4.84 Å². The van der Waals surface area contributed by atoms with Crippen LogP contribution >= 0.6 is 12.4 Å². The first-order valence-electron chi connectivity index (χ1n) is 3.78. The normalized spacial score (nSPS) is 8.77. The topological polar surface area (TPSA) is 52.3 Å². The van der Waals surface area contributed by atoms with Gasteiger partial charge in [0.15, 0.2) is 0 Å². The lowest BCUT2D eigenvalue weighted by Gasteiger charge is -2.03. The van der Waals surface area contributed by atoms with Crippen LogP contribution in [0.25, 0.3) is 0 Å². The van der Waals surface area contributed by atoms with Crippen LogP contribution in [0.1, 0.15) is 22.8 Å². The Morgan fingerprint density at radius 1 is 1.46 bits per heavy atom. The van der Waals surface area contributed by atoms with E-state index < -0.39 is 5.97 Å². The zero-order valence-electron chi connectivity index (χ0n) is 7.32. The van der Waals surface area contributed by atoms with Crippen LogP contribution in [0.3, 0.4) is 0 Å². The summed E-state index contributed by atoms with van der Waals surface area (Å²) in [6.45, 7) is 1.97. The van der Waals surface area contributed by atoms with Gasteiger partial charge in [0.25, 0.3) is 0 Å². The molecule has 13 heavy (non-hydrogen) atoms. The minimum atomic E-state index is -0.479. The number of carbonyl (C=O) groups excluding carboxylic acids is 1. The quantitative estimate of drug-likeness (QED) is 0.742. The van der Waals surface area contributed by atoms with Crippen molar-refractivity contribution in [3.8, 4) is 0 Å². The van der Waals surface area contributed by atoms with Gasteiger partial charge in [0.1, 0.15) is 0 Å². The van der Waals surface area contributed by atoms with E-state index in [2.05, 4.69) is 4.84 Å². The van der Waals surface area contributed by atoms with Crippen molar-refractivity contribution in [3.05, 3.63) is 35.4 Å². The number of hydrogen-bond donors (Lipinski definition) is 1. The Kier molecular flexibility index (Phi) is 5.11. The van der Waals surface area contributed by atoms with Crippen LogP contribution in [0, 0.1) is 0 Å². The maximum atomic E-state index is 11.0. The van der Waals surface area contributed by atoms with Gasteiger partial charge in [-0.2, -0.15) is 5.90 Å². The van der Waals surface area contributed by atoms with Crippen molar-refractivity contribution in [1.29, 1.82) is 0 Å². The molecule has 0 aliphatic heterocycles. The number of hydrogen-bond acceptors (Lipinski definition) is 3. The summed E-state index contributed by atoms with van der Waals surface area (Å²) < 4.78 is 0. The van der Waals surface area contributed by atoms with Crippen molar-refractivity contribution in [2.45, 2.75) is 13.3 Å². The lowest BCUT2D eigenvalue weighted by molar-refractivity contribution is 0.0502. The second kappa shape index (κ2) is 5.56. The van der Waals surface area contributed by atoms with Crippen molar-refractivity contribution < 1.29 is 9.63 Å². The van der Waals surface area contributed by atoms with Gasteiger partial charge >= 0.3 is 5.97 Å². The van der Waals surface area contributed by atoms with Crippen molar-refractivity contribution in [1.82, 2.24) is 0 Å². The summed E-state index contributed by atoms with van der Waals surface area (Å²) in [4.78, 5) is 15.2. The molecule has 0 atom stereocenters. The minimum absolute atomic E-state index is 0. The Labute approximate surface area is 83.2 Å². The SMILES string of the molecule is CCc1ccccc1C(=O)ON.Cl. The van der Waals surface area contributed by atoms with Gasteiger partial charge in [-0.05, 0) is 18.1 Å². The van der Waals surface area contributed by atoms with Crippen LogP contribution in [-0.2, 0) is 11.3 Å². The van der Waals surface area contributed by atoms with Gasteiger partial charge in [0.05, 0.1) is 5.56 Å². The molecule has 2 N–H and O–H groups in total. The van der Waals surface area contributed by atoms with E-state index in [-0.39, 0.29) is 12.4 Å². The molecule has 0 saturated carbocycles. The van der Waals surface area contributed by atoms with Gasteiger partial charge in [0, 0.05) is 0 Å². The summed E-state index contributed by atoms with van der Waals surface area (Å²) in [6, 6.07) is 7.25. The Hall–Kier alpha value is -1.06. The van der Waals surface area contributed by atoms with Crippen molar-refractivity contribution >= 4 is 18.4 Å². The fourth-order valence-electron chi connectivity index (χ4n) is 1.09. The van der Waals surface area contributed by atoms with Gasteiger partial charge in [-0.3, -0.25) is 0 Å². The molecule has 1 aromatic rings. The lowest BCUT2D eigenvalue weighted by atomic mass is 10.1. The smallest absolute Gasteiger partial charge is 0.356 e. The lowest BCUT2D eigenvalue weighted by Crippen LogP contribution is -2.12. The zero-order chi connectivity index (χ0) is 8.97. The molecule has 4 heteroatoms. The predicted molar refractivity (Wildman–Crippen MR) is 52.7 cm³/mol. The highest BCUT2D eigenvalue weighted by Gasteiger charge is 2.08. The third-order valence-corrected chi connectivity index (χ3v) is 1.73. The monoisotopic (exact) mass is 201 g/mol. The molecule has 0 aromatic heterocycles. The number of aryl methyl sites for hydroxylation is 1. The first-order chi connectivity index (χ1) is 5.79. The molecule has 1 aromatic carbocycles.